The van der Waals surface area contributed by atoms with Crippen molar-refractivity contribution in [3.05, 3.63) is 29.5 Å². The van der Waals surface area contributed by atoms with E-state index in [0.717, 1.165) is 11.2 Å². The van der Waals surface area contributed by atoms with Crippen molar-refractivity contribution in [1.29, 1.82) is 0 Å². The van der Waals surface area contributed by atoms with Gasteiger partial charge in [-0.05, 0) is 25.1 Å². The van der Waals surface area contributed by atoms with E-state index in [2.05, 4.69) is 4.98 Å². The van der Waals surface area contributed by atoms with Crippen LogP contribution in [0.15, 0.2) is 18.2 Å². The Kier molecular flexibility index (Phi) is 2.59. The summed E-state index contributed by atoms with van der Waals surface area (Å²) in [6, 6.07) is 4.93. The summed E-state index contributed by atoms with van der Waals surface area (Å²) in [5, 5.41) is 9.43. The molecule has 0 saturated carbocycles. The van der Waals surface area contributed by atoms with Crippen LogP contribution >= 0.6 is 0 Å². The lowest BCUT2D eigenvalue weighted by atomic mass is 10.1. The third kappa shape index (κ3) is 1.75. The van der Waals surface area contributed by atoms with Gasteiger partial charge in [-0.15, -0.1) is 0 Å². The number of aliphatic carboxylic acids is 1. The fourth-order valence-electron chi connectivity index (χ4n) is 1.83. The summed E-state index contributed by atoms with van der Waals surface area (Å²) >= 11 is 0. The molecule has 2 N–H and O–H groups in total. The van der Waals surface area contributed by atoms with Gasteiger partial charge in [-0.1, -0.05) is 0 Å². The highest BCUT2D eigenvalue weighted by Crippen LogP contribution is 2.30. The zero-order valence-corrected chi connectivity index (χ0v) is 9.40. The minimum absolute atomic E-state index is 0.0616. The van der Waals surface area contributed by atoms with Crippen LogP contribution < -0.4 is 4.74 Å². The van der Waals surface area contributed by atoms with Gasteiger partial charge in [-0.25, -0.2) is 4.79 Å². The van der Waals surface area contributed by atoms with Crippen LogP contribution in [0.4, 0.5) is 0 Å². The van der Waals surface area contributed by atoms with E-state index in [1.54, 1.807) is 6.07 Å². The molecule has 0 fully saturated rings. The van der Waals surface area contributed by atoms with Gasteiger partial charge in [-0.3, -0.25) is 4.79 Å². The second-order valence-corrected chi connectivity index (χ2v) is 3.69. The van der Waals surface area contributed by atoms with E-state index >= 15 is 0 Å². The number of aryl methyl sites for hydroxylation is 1. The van der Waals surface area contributed by atoms with Crippen LogP contribution in [0.2, 0.25) is 0 Å². The molecule has 1 heterocycles. The van der Waals surface area contributed by atoms with Gasteiger partial charge >= 0.3 is 5.97 Å². The highest BCUT2D eigenvalue weighted by atomic mass is 16.5. The van der Waals surface area contributed by atoms with Crippen molar-refractivity contribution in [2.24, 2.45) is 0 Å². The number of nitrogens with one attached hydrogen (secondary N) is 1. The fraction of sp³-hybridized carbons (Fsp3) is 0.167. The molecule has 5 nitrogen and oxygen atoms in total. The predicted molar refractivity (Wildman–Crippen MR) is 61.6 cm³/mol. The molecule has 0 aliphatic rings. The molecule has 0 radical (unpaired) electrons. The normalized spacial score (nSPS) is 10.5. The predicted octanol–water partition coefficient (Wildman–Crippen LogP) is 1.75. The molecule has 0 bridgehead atoms. The number of aromatic amines is 1. The minimum Gasteiger partial charge on any atom is -0.495 e. The lowest BCUT2D eigenvalue weighted by molar-refractivity contribution is -0.131. The molecule has 88 valence electrons. The number of carbonyl (C=O) groups excluding carboxylic acids is 1. The van der Waals surface area contributed by atoms with E-state index in [-0.39, 0.29) is 5.56 Å². The molecule has 5 heteroatoms. The first-order valence-corrected chi connectivity index (χ1v) is 4.98. The van der Waals surface area contributed by atoms with Crippen molar-refractivity contribution in [2.45, 2.75) is 6.92 Å². The molecule has 17 heavy (non-hydrogen) atoms. The van der Waals surface area contributed by atoms with E-state index in [1.165, 1.54) is 13.2 Å². The highest BCUT2D eigenvalue weighted by Gasteiger charge is 2.21. The van der Waals surface area contributed by atoms with Crippen molar-refractivity contribution < 1.29 is 19.4 Å². The number of benzene rings is 1. The zero-order chi connectivity index (χ0) is 12.6. The summed E-state index contributed by atoms with van der Waals surface area (Å²) in [7, 11) is 1.41. The third-order valence-electron chi connectivity index (χ3n) is 2.53. The van der Waals surface area contributed by atoms with Crippen LogP contribution in [-0.4, -0.2) is 29.0 Å². The first-order valence-electron chi connectivity index (χ1n) is 4.98. The second-order valence-electron chi connectivity index (χ2n) is 3.69. The van der Waals surface area contributed by atoms with E-state index in [9.17, 15) is 9.59 Å². The molecule has 0 unspecified atom stereocenters. The summed E-state index contributed by atoms with van der Waals surface area (Å²) in [4.78, 5) is 25.3. The number of Topliss-reactive ketones (excluding diaryl/α,β-unsaturated/α-hetero) is 1. The fourth-order valence-corrected chi connectivity index (χ4v) is 1.83. The van der Waals surface area contributed by atoms with Crippen molar-refractivity contribution in [3.63, 3.8) is 0 Å². The summed E-state index contributed by atoms with van der Waals surface area (Å²) in [5.41, 5.74) is 1.78. The Hall–Kier alpha value is -2.30. The van der Waals surface area contributed by atoms with E-state index in [4.69, 9.17) is 9.84 Å². The maximum Gasteiger partial charge on any atom is 0.377 e. The molecule has 0 atom stereocenters. The maximum atomic E-state index is 11.5. The van der Waals surface area contributed by atoms with E-state index in [0.29, 0.717) is 11.1 Å². The molecule has 0 spiro atoms. The summed E-state index contributed by atoms with van der Waals surface area (Å²) in [6.45, 7) is 1.87. The number of fused-ring (bicyclic) bond motifs is 1. The largest absolute Gasteiger partial charge is 0.495 e. The number of H-pyrrole nitrogens is 1. The highest BCUT2D eigenvalue weighted by molar-refractivity contribution is 6.41. The quantitative estimate of drug-likeness (QED) is 0.625. The molecule has 1 aromatic heterocycles. The number of hydrogen-bond acceptors (Lipinski definition) is 3. The second kappa shape index (κ2) is 3.93. The van der Waals surface area contributed by atoms with Gasteiger partial charge < -0.3 is 14.8 Å². The molecule has 2 rings (SSSR count). The van der Waals surface area contributed by atoms with Crippen molar-refractivity contribution in [1.82, 2.24) is 4.98 Å². The molecular formula is C12H11NO4. The molecule has 0 aliphatic carbocycles. The van der Waals surface area contributed by atoms with Crippen molar-refractivity contribution in [2.75, 3.05) is 7.11 Å². The molecular weight excluding hydrogens is 222 g/mol. The standard InChI is InChI=1S/C12H11NO4/c1-6-5-8-9(13-6)4-3-7(11(8)17-2)10(14)12(15)16/h3-5,13H,1-2H3,(H,15,16). The summed E-state index contributed by atoms with van der Waals surface area (Å²) in [5.74, 6) is -2.17. The van der Waals surface area contributed by atoms with Crippen LogP contribution in [0.1, 0.15) is 16.1 Å². The zero-order valence-electron chi connectivity index (χ0n) is 9.40. The number of hydrogen-bond donors (Lipinski definition) is 2. The molecule has 2 aromatic rings. The molecule has 0 saturated heterocycles. The average Bonchev–Trinajstić information content (AvgIpc) is 2.66. The number of carboxylic acids is 1. The lowest BCUT2D eigenvalue weighted by Gasteiger charge is -2.06. The maximum absolute atomic E-state index is 11.5. The molecule has 1 aromatic carbocycles. The Bertz CT molecular complexity index is 612. The number of ether oxygens (including phenoxy) is 1. The lowest BCUT2D eigenvalue weighted by Crippen LogP contribution is -2.13. The summed E-state index contributed by atoms with van der Waals surface area (Å²) < 4.78 is 5.14. The first-order chi connectivity index (χ1) is 8.04. The van der Waals surface area contributed by atoms with Crippen LogP contribution in [0, 0.1) is 6.92 Å². The molecule has 0 amide bonds. The summed E-state index contributed by atoms with van der Waals surface area (Å²) in [6.07, 6.45) is 0. The van der Waals surface area contributed by atoms with Crippen LogP contribution in [-0.2, 0) is 4.79 Å². The third-order valence-corrected chi connectivity index (χ3v) is 2.53. The van der Waals surface area contributed by atoms with Gasteiger partial charge in [0.15, 0.2) is 0 Å². The number of carbonyl (C=O) groups is 2. The Labute approximate surface area is 97.0 Å². The molecule has 0 aliphatic heterocycles. The van der Waals surface area contributed by atoms with Crippen LogP contribution in [0.5, 0.6) is 5.75 Å². The Morgan fingerprint density at radius 3 is 2.65 bits per heavy atom. The number of ketones is 1. The number of carboxylic acid groups (broad SMARTS) is 1. The van der Waals surface area contributed by atoms with Gasteiger partial charge in [0.05, 0.1) is 12.7 Å². The Balaban J connectivity index is 2.72. The number of methoxy groups -OCH3 is 1. The minimum atomic E-state index is -1.49. The van der Waals surface area contributed by atoms with Crippen molar-refractivity contribution in [3.8, 4) is 5.75 Å². The van der Waals surface area contributed by atoms with Crippen LogP contribution in [0.3, 0.4) is 0 Å². The smallest absolute Gasteiger partial charge is 0.377 e. The van der Waals surface area contributed by atoms with Crippen LogP contribution in [0.25, 0.3) is 10.9 Å². The number of rotatable bonds is 3. The van der Waals surface area contributed by atoms with Gasteiger partial charge in [0.25, 0.3) is 5.78 Å². The monoisotopic (exact) mass is 233 g/mol. The average molecular weight is 233 g/mol. The number of aromatic nitrogens is 1. The van der Waals surface area contributed by atoms with E-state index in [1.807, 2.05) is 13.0 Å². The Morgan fingerprint density at radius 1 is 1.35 bits per heavy atom. The first kappa shape index (κ1) is 11.2. The van der Waals surface area contributed by atoms with Crippen molar-refractivity contribution >= 4 is 22.7 Å². The van der Waals surface area contributed by atoms with E-state index < -0.39 is 11.8 Å². The van der Waals surface area contributed by atoms with Gasteiger partial charge in [-0.2, -0.15) is 0 Å². The topological polar surface area (TPSA) is 79.4 Å². The Morgan fingerprint density at radius 2 is 2.06 bits per heavy atom. The van der Waals surface area contributed by atoms with Gasteiger partial charge in [0.2, 0.25) is 0 Å². The SMILES string of the molecule is COc1c(C(=O)C(=O)O)ccc2[nH]c(C)cc12. The van der Waals surface area contributed by atoms with Gasteiger partial charge in [0, 0.05) is 16.6 Å². The van der Waals surface area contributed by atoms with Gasteiger partial charge in [0.1, 0.15) is 5.75 Å².